The van der Waals surface area contributed by atoms with Gasteiger partial charge in [-0.2, -0.15) is 0 Å². The highest BCUT2D eigenvalue weighted by Gasteiger charge is 2.14. The zero-order chi connectivity index (χ0) is 15.5. The maximum absolute atomic E-state index is 12.9. The molecule has 112 valence electrons. The first-order valence-corrected chi connectivity index (χ1v) is 7.13. The van der Waals surface area contributed by atoms with E-state index in [4.69, 9.17) is 4.74 Å². The van der Waals surface area contributed by atoms with Gasteiger partial charge in [-0.1, -0.05) is 30.3 Å². The molecule has 2 aromatic carbocycles. The maximum atomic E-state index is 12.9. The molecule has 0 saturated heterocycles. The van der Waals surface area contributed by atoms with Gasteiger partial charge < -0.3 is 9.72 Å². The lowest BCUT2D eigenvalue weighted by Crippen LogP contribution is -2.11. The minimum absolute atomic E-state index is 0.204. The monoisotopic (exact) mass is 297 g/mol. The third kappa shape index (κ3) is 3.01. The largest absolute Gasteiger partial charge is 0.458 e. The molecule has 1 heterocycles. The second-order valence-corrected chi connectivity index (χ2v) is 5.22. The number of H-pyrrole nitrogens is 1. The Morgan fingerprint density at radius 2 is 1.91 bits per heavy atom. The van der Waals surface area contributed by atoms with Crippen molar-refractivity contribution in [3.05, 3.63) is 71.7 Å². The van der Waals surface area contributed by atoms with E-state index in [2.05, 4.69) is 4.98 Å². The zero-order valence-electron chi connectivity index (χ0n) is 12.2. The van der Waals surface area contributed by atoms with Crippen molar-refractivity contribution in [2.45, 2.75) is 19.4 Å². The second kappa shape index (κ2) is 6.02. The summed E-state index contributed by atoms with van der Waals surface area (Å²) in [4.78, 5) is 15.2. The standard InChI is InChI=1S/C18H16FNO2/c1-12(13-6-8-15(19)9-7-13)22-18(21)10-14-11-20-17-5-3-2-4-16(14)17/h2-9,11-12,20H,10H2,1H3/t12-/m1/s1. The Bertz CT molecular complexity index is 792. The normalized spacial score (nSPS) is 12.3. The number of benzene rings is 2. The summed E-state index contributed by atoms with van der Waals surface area (Å²) in [5.74, 6) is -0.609. The molecule has 0 aliphatic carbocycles. The number of nitrogens with one attached hydrogen (secondary N) is 1. The molecule has 0 aliphatic rings. The van der Waals surface area contributed by atoms with E-state index < -0.39 is 6.10 Å². The fourth-order valence-corrected chi connectivity index (χ4v) is 2.47. The number of aromatic amines is 1. The highest BCUT2D eigenvalue weighted by molar-refractivity contribution is 5.87. The molecule has 0 unspecified atom stereocenters. The third-order valence-electron chi connectivity index (χ3n) is 3.66. The van der Waals surface area contributed by atoms with Crippen molar-refractivity contribution in [1.29, 1.82) is 0 Å². The van der Waals surface area contributed by atoms with Gasteiger partial charge in [0.15, 0.2) is 0 Å². The fraction of sp³-hybridized carbons (Fsp3) is 0.167. The van der Waals surface area contributed by atoms with Crippen LogP contribution in [0.1, 0.15) is 24.2 Å². The molecular weight excluding hydrogens is 281 g/mol. The molecule has 22 heavy (non-hydrogen) atoms. The summed E-state index contributed by atoms with van der Waals surface area (Å²) < 4.78 is 18.3. The summed E-state index contributed by atoms with van der Waals surface area (Å²) in [5, 5.41) is 1.02. The van der Waals surface area contributed by atoms with E-state index in [0.29, 0.717) is 0 Å². The summed E-state index contributed by atoms with van der Waals surface area (Å²) in [5.41, 5.74) is 2.68. The van der Waals surface area contributed by atoms with E-state index in [0.717, 1.165) is 22.0 Å². The van der Waals surface area contributed by atoms with E-state index >= 15 is 0 Å². The van der Waals surface area contributed by atoms with Gasteiger partial charge in [-0.25, -0.2) is 4.39 Å². The first-order chi connectivity index (χ1) is 10.6. The smallest absolute Gasteiger partial charge is 0.310 e. The molecule has 0 aliphatic heterocycles. The van der Waals surface area contributed by atoms with Gasteiger partial charge in [-0.3, -0.25) is 4.79 Å². The molecule has 4 heteroatoms. The van der Waals surface area contributed by atoms with Gasteiger partial charge in [0.1, 0.15) is 11.9 Å². The predicted octanol–water partition coefficient (Wildman–Crippen LogP) is 4.15. The predicted molar refractivity (Wildman–Crippen MR) is 82.9 cm³/mol. The van der Waals surface area contributed by atoms with E-state index in [-0.39, 0.29) is 18.2 Å². The molecule has 0 radical (unpaired) electrons. The molecule has 1 atom stereocenters. The zero-order valence-corrected chi connectivity index (χ0v) is 12.2. The minimum atomic E-state index is -0.404. The van der Waals surface area contributed by atoms with Crippen LogP contribution >= 0.6 is 0 Å². The number of para-hydroxylation sites is 1. The second-order valence-electron chi connectivity index (χ2n) is 5.22. The quantitative estimate of drug-likeness (QED) is 0.735. The number of carbonyl (C=O) groups excluding carboxylic acids is 1. The van der Waals surface area contributed by atoms with Crippen LogP contribution in [-0.4, -0.2) is 11.0 Å². The van der Waals surface area contributed by atoms with E-state index in [9.17, 15) is 9.18 Å². The van der Waals surface area contributed by atoms with Gasteiger partial charge in [-0.15, -0.1) is 0 Å². The molecule has 0 amide bonds. The molecule has 0 fully saturated rings. The van der Waals surface area contributed by atoms with Crippen LogP contribution in [-0.2, 0) is 16.0 Å². The summed E-state index contributed by atoms with van der Waals surface area (Å²) in [6.45, 7) is 1.78. The van der Waals surface area contributed by atoms with Gasteiger partial charge in [0, 0.05) is 17.1 Å². The van der Waals surface area contributed by atoms with Crippen LogP contribution in [0.25, 0.3) is 10.9 Å². The first kappa shape index (κ1) is 14.3. The van der Waals surface area contributed by atoms with Crippen LogP contribution in [0.3, 0.4) is 0 Å². The molecule has 1 N–H and O–H groups in total. The number of carbonyl (C=O) groups is 1. The number of aromatic nitrogens is 1. The number of hydrogen-bond donors (Lipinski definition) is 1. The molecular formula is C18H16FNO2. The molecule has 3 rings (SSSR count). The average Bonchev–Trinajstić information content (AvgIpc) is 2.91. The summed E-state index contributed by atoms with van der Waals surface area (Å²) in [6.07, 6.45) is 1.63. The van der Waals surface area contributed by atoms with Gasteiger partial charge in [0.25, 0.3) is 0 Å². The number of halogens is 1. The van der Waals surface area contributed by atoms with E-state index in [1.807, 2.05) is 30.5 Å². The topological polar surface area (TPSA) is 42.1 Å². The Morgan fingerprint density at radius 3 is 2.68 bits per heavy atom. The summed E-state index contributed by atoms with van der Waals surface area (Å²) in [6, 6.07) is 13.8. The number of ether oxygens (including phenoxy) is 1. The van der Waals surface area contributed by atoms with Gasteiger partial charge in [0.2, 0.25) is 0 Å². The van der Waals surface area contributed by atoms with E-state index in [1.54, 1.807) is 19.1 Å². The van der Waals surface area contributed by atoms with Crippen LogP contribution in [0.4, 0.5) is 4.39 Å². The van der Waals surface area contributed by atoms with Crippen LogP contribution in [0.15, 0.2) is 54.7 Å². The van der Waals surface area contributed by atoms with Crippen LogP contribution < -0.4 is 0 Å². The Morgan fingerprint density at radius 1 is 1.18 bits per heavy atom. The van der Waals surface area contributed by atoms with E-state index in [1.165, 1.54) is 12.1 Å². The average molecular weight is 297 g/mol. The molecule has 0 spiro atoms. The minimum Gasteiger partial charge on any atom is -0.458 e. The Kier molecular flexibility index (Phi) is 3.92. The van der Waals surface area contributed by atoms with Crippen molar-refractivity contribution in [3.63, 3.8) is 0 Å². The van der Waals surface area contributed by atoms with Gasteiger partial charge in [0.05, 0.1) is 6.42 Å². The summed E-state index contributed by atoms with van der Waals surface area (Å²) in [7, 11) is 0. The Hall–Kier alpha value is -2.62. The molecule has 0 saturated carbocycles. The number of rotatable bonds is 4. The van der Waals surface area contributed by atoms with Crippen molar-refractivity contribution < 1.29 is 13.9 Å². The van der Waals surface area contributed by atoms with Crippen molar-refractivity contribution in [2.75, 3.05) is 0 Å². The Balaban J connectivity index is 1.68. The first-order valence-electron chi connectivity index (χ1n) is 7.13. The number of fused-ring (bicyclic) bond motifs is 1. The van der Waals surface area contributed by atoms with Crippen LogP contribution in [0.2, 0.25) is 0 Å². The molecule has 3 nitrogen and oxygen atoms in total. The van der Waals surface area contributed by atoms with Gasteiger partial charge in [-0.05, 0) is 36.2 Å². The number of esters is 1. The maximum Gasteiger partial charge on any atom is 0.310 e. The lowest BCUT2D eigenvalue weighted by atomic mass is 10.1. The van der Waals surface area contributed by atoms with Gasteiger partial charge >= 0.3 is 5.97 Å². The van der Waals surface area contributed by atoms with Crippen LogP contribution in [0, 0.1) is 5.82 Å². The molecule has 3 aromatic rings. The van der Waals surface area contributed by atoms with Crippen molar-refractivity contribution in [1.82, 2.24) is 4.98 Å². The summed E-state index contributed by atoms with van der Waals surface area (Å²) >= 11 is 0. The highest BCUT2D eigenvalue weighted by atomic mass is 19.1. The van der Waals surface area contributed by atoms with Crippen molar-refractivity contribution in [3.8, 4) is 0 Å². The molecule has 1 aromatic heterocycles. The third-order valence-corrected chi connectivity index (χ3v) is 3.66. The Labute approximate surface area is 127 Å². The SMILES string of the molecule is C[C@@H](OC(=O)Cc1c[nH]c2ccccc12)c1ccc(F)cc1. The molecule has 0 bridgehead atoms. The lowest BCUT2D eigenvalue weighted by Gasteiger charge is -2.13. The highest BCUT2D eigenvalue weighted by Crippen LogP contribution is 2.21. The van der Waals surface area contributed by atoms with Crippen LogP contribution in [0.5, 0.6) is 0 Å². The fourth-order valence-electron chi connectivity index (χ4n) is 2.47. The van der Waals surface area contributed by atoms with Crippen molar-refractivity contribution >= 4 is 16.9 Å². The number of hydrogen-bond acceptors (Lipinski definition) is 2. The lowest BCUT2D eigenvalue weighted by molar-refractivity contribution is -0.147. The van der Waals surface area contributed by atoms with Crippen molar-refractivity contribution in [2.24, 2.45) is 0 Å².